The number of para-hydroxylation sites is 1. The molecule has 4 aromatic rings. The van der Waals surface area contributed by atoms with E-state index in [0.717, 1.165) is 5.65 Å². The Morgan fingerprint density at radius 3 is 2.91 bits per heavy atom. The second-order valence-corrected chi connectivity index (χ2v) is 5.08. The first-order chi connectivity index (χ1) is 11.3. The number of methoxy groups -OCH3 is 1. The normalized spacial score (nSPS) is 11.2. The van der Waals surface area contributed by atoms with Gasteiger partial charge in [0.1, 0.15) is 11.3 Å². The number of ether oxygens (including phenoxy) is 1. The molecule has 7 nitrogen and oxygen atoms in total. The quantitative estimate of drug-likeness (QED) is 0.573. The maximum atomic E-state index is 12.7. The van der Waals surface area contributed by atoms with Gasteiger partial charge < -0.3 is 4.74 Å². The standard InChI is InChI=1S/C16H13N5O2/c1-23-12-6-4-5-11-15(12)17-10-20(16(11)22)9-14-19-18-13-7-2-3-8-21(13)14/h2-8,10H,9H2,1H3. The van der Waals surface area contributed by atoms with E-state index < -0.39 is 0 Å². The molecule has 23 heavy (non-hydrogen) atoms. The molecule has 0 radical (unpaired) electrons. The van der Waals surface area contributed by atoms with E-state index in [1.165, 1.54) is 10.9 Å². The summed E-state index contributed by atoms with van der Waals surface area (Å²) < 4.78 is 8.62. The van der Waals surface area contributed by atoms with Crippen LogP contribution in [0, 0.1) is 0 Å². The molecule has 0 aliphatic heterocycles. The molecule has 114 valence electrons. The molecule has 0 amide bonds. The van der Waals surface area contributed by atoms with E-state index in [9.17, 15) is 4.79 Å². The summed E-state index contributed by atoms with van der Waals surface area (Å²) in [5.74, 6) is 1.26. The van der Waals surface area contributed by atoms with Gasteiger partial charge in [0.05, 0.1) is 25.4 Å². The monoisotopic (exact) mass is 307 g/mol. The molecule has 0 unspecified atom stereocenters. The van der Waals surface area contributed by atoms with Crippen LogP contribution in [0.5, 0.6) is 5.75 Å². The molecule has 0 saturated carbocycles. The molecule has 7 heteroatoms. The predicted octanol–water partition coefficient (Wildman–Crippen LogP) is 1.50. The molecule has 4 rings (SSSR count). The van der Waals surface area contributed by atoms with Gasteiger partial charge in [0, 0.05) is 6.20 Å². The summed E-state index contributed by atoms with van der Waals surface area (Å²) in [4.78, 5) is 17.0. The van der Waals surface area contributed by atoms with Crippen molar-refractivity contribution in [1.29, 1.82) is 0 Å². The smallest absolute Gasteiger partial charge is 0.261 e. The Morgan fingerprint density at radius 2 is 2.04 bits per heavy atom. The van der Waals surface area contributed by atoms with Gasteiger partial charge in [-0.2, -0.15) is 0 Å². The van der Waals surface area contributed by atoms with Gasteiger partial charge in [0.25, 0.3) is 5.56 Å². The highest BCUT2D eigenvalue weighted by atomic mass is 16.5. The zero-order valence-corrected chi connectivity index (χ0v) is 12.4. The minimum atomic E-state index is -0.137. The molecule has 3 heterocycles. The van der Waals surface area contributed by atoms with E-state index in [0.29, 0.717) is 29.0 Å². The van der Waals surface area contributed by atoms with Gasteiger partial charge in [-0.25, -0.2) is 4.98 Å². The van der Waals surface area contributed by atoms with Crippen LogP contribution in [-0.2, 0) is 6.54 Å². The number of nitrogens with zero attached hydrogens (tertiary/aromatic N) is 5. The van der Waals surface area contributed by atoms with Crippen molar-refractivity contribution in [3.05, 3.63) is 65.1 Å². The molecule has 0 fully saturated rings. The largest absolute Gasteiger partial charge is 0.494 e. The van der Waals surface area contributed by atoms with Gasteiger partial charge in [-0.15, -0.1) is 10.2 Å². The molecule has 1 aromatic carbocycles. The zero-order chi connectivity index (χ0) is 15.8. The van der Waals surface area contributed by atoms with Crippen LogP contribution in [0.15, 0.2) is 53.7 Å². The minimum absolute atomic E-state index is 0.137. The molecule has 0 bridgehead atoms. The first-order valence-electron chi connectivity index (χ1n) is 7.09. The van der Waals surface area contributed by atoms with Crippen LogP contribution >= 0.6 is 0 Å². The summed E-state index contributed by atoms with van der Waals surface area (Å²) in [5, 5.41) is 8.75. The number of aromatic nitrogens is 5. The van der Waals surface area contributed by atoms with E-state index in [1.807, 2.05) is 28.8 Å². The van der Waals surface area contributed by atoms with Crippen molar-refractivity contribution in [2.45, 2.75) is 6.54 Å². The van der Waals surface area contributed by atoms with E-state index in [1.54, 1.807) is 25.3 Å². The summed E-state index contributed by atoms with van der Waals surface area (Å²) in [7, 11) is 1.56. The fourth-order valence-electron chi connectivity index (χ4n) is 2.59. The van der Waals surface area contributed by atoms with Crippen LogP contribution in [0.3, 0.4) is 0 Å². The third kappa shape index (κ3) is 2.13. The number of pyridine rings is 1. The van der Waals surface area contributed by atoms with Crippen LogP contribution in [0.25, 0.3) is 16.6 Å². The summed E-state index contributed by atoms with van der Waals surface area (Å²) >= 11 is 0. The third-order valence-corrected chi connectivity index (χ3v) is 3.73. The van der Waals surface area contributed by atoms with E-state index in [4.69, 9.17) is 4.74 Å². The maximum Gasteiger partial charge on any atom is 0.261 e. The van der Waals surface area contributed by atoms with Crippen molar-refractivity contribution in [1.82, 2.24) is 24.1 Å². The molecular weight excluding hydrogens is 294 g/mol. The van der Waals surface area contributed by atoms with Crippen LogP contribution in [0.2, 0.25) is 0 Å². The summed E-state index contributed by atoms with van der Waals surface area (Å²) in [6.45, 7) is 0.296. The summed E-state index contributed by atoms with van der Waals surface area (Å²) in [5.41, 5.74) is 1.16. The maximum absolute atomic E-state index is 12.7. The van der Waals surface area contributed by atoms with Crippen LogP contribution in [0.1, 0.15) is 5.82 Å². The molecule has 3 aromatic heterocycles. The molecule has 0 atom stereocenters. The lowest BCUT2D eigenvalue weighted by molar-refractivity contribution is 0.418. The van der Waals surface area contributed by atoms with Crippen LogP contribution < -0.4 is 10.3 Å². The van der Waals surface area contributed by atoms with Gasteiger partial charge in [0.2, 0.25) is 0 Å². The SMILES string of the molecule is COc1cccc2c(=O)n(Cc3nnc4ccccn34)cnc12. The molecular formula is C16H13N5O2. The molecule has 0 aliphatic rings. The third-order valence-electron chi connectivity index (χ3n) is 3.73. The van der Waals surface area contributed by atoms with E-state index >= 15 is 0 Å². The lowest BCUT2D eigenvalue weighted by atomic mass is 10.2. The fourth-order valence-corrected chi connectivity index (χ4v) is 2.59. The first kappa shape index (κ1) is 13.4. The van der Waals surface area contributed by atoms with Gasteiger partial charge in [0.15, 0.2) is 11.5 Å². The van der Waals surface area contributed by atoms with Gasteiger partial charge >= 0.3 is 0 Å². The highest BCUT2D eigenvalue weighted by molar-refractivity contribution is 5.83. The highest BCUT2D eigenvalue weighted by Gasteiger charge is 2.11. The number of fused-ring (bicyclic) bond motifs is 2. The van der Waals surface area contributed by atoms with Crippen molar-refractivity contribution in [2.75, 3.05) is 7.11 Å². The average Bonchev–Trinajstić information content (AvgIpc) is 3.00. The van der Waals surface area contributed by atoms with Crippen LogP contribution in [0.4, 0.5) is 0 Å². The molecule has 0 saturated heterocycles. The van der Waals surface area contributed by atoms with Gasteiger partial charge in [-0.05, 0) is 24.3 Å². The molecule has 0 N–H and O–H groups in total. The first-order valence-corrected chi connectivity index (χ1v) is 7.09. The summed E-state index contributed by atoms with van der Waals surface area (Å²) in [6.07, 6.45) is 3.38. The number of rotatable bonds is 3. The van der Waals surface area contributed by atoms with Crippen molar-refractivity contribution in [3.8, 4) is 5.75 Å². The van der Waals surface area contributed by atoms with Crippen molar-refractivity contribution in [2.24, 2.45) is 0 Å². The Hall–Kier alpha value is -3.22. The Labute approximate surface area is 130 Å². The average molecular weight is 307 g/mol. The van der Waals surface area contributed by atoms with Crippen molar-refractivity contribution < 1.29 is 4.74 Å². The minimum Gasteiger partial charge on any atom is -0.494 e. The summed E-state index contributed by atoms with van der Waals surface area (Å²) in [6, 6.07) is 11.0. The second kappa shape index (κ2) is 5.20. The van der Waals surface area contributed by atoms with Crippen molar-refractivity contribution >= 4 is 16.6 Å². The number of benzene rings is 1. The number of hydrogen-bond donors (Lipinski definition) is 0. The molecule has 0 aliphatic carbocycles. The Bertz CT molecular complexity index is 1070. The van der Waals surface area contributed by atoms with Gasteiger partial charge in [-0.1, -0.05) is 12.1 Å². The molecule has 0 spiro atoms. The van der Waals surface area contributed by atoms with Crippen LogP contribution in [-0.4, -0.2) is 31.3 Å². The van der Waals surface area contributed by atoms with Crippen molar-refractivity contribution in [3.63, 3.8) is 0 Å². The zero-order valence-electron chi connectivity index (χ0n) is 12.4. The Morgan fingerprint density at radius 1 is 1.13 bits per heavy atom. The second-order valence-electron chi connectivity index (χ2n) is 5.08. The Kier molecular flexibility index (Phi) is 3.04. The number of hydrogen-bond acceptors (Lipinski definition) is 5. The lowest BCUT2D eigenvalue weighted by Crippen LogP contribution is -2.22. The Balaban J connectivity index is 1.84. The van der Waals surface area contributed by atoms with E-state index in [-0.39, 0.29) is 5.56 Å². The van der Waals surface area contributed by atoms with Gasteiger partial charge in [-0.3, -0.25) is 13.8 Å². The topological polar surface area (TPSA) is 74.3 Å². The predicted molar refractivity (Wildman–Crippen MR) is 84.6 cm³/mol. The highest BCUT2D eigenvalue weighted by Crippen LogP contribution is 2.20. The lowest BCUT2D eigenvalue weighted by Gasteiger charge is -2.07. The van der Waals surface area contributed by atoms with E-state index in [2.05, 4.69) is 15.2 Å². The fraction of sp³-hybridized carbons (Fsp3) is 0.125.